The summed E-state index contributed by atoms with van der Waals surface area (Å²) >= 11 is 7.13. The van der Waals surface area contributed by atoms with E-state index >= 15 is 0 Å². The minimum atomic E-state index is -0.115. The van der Waals surface area contributed by atoms with Crippen molar-refractivity contribution in [1.82, 2.24) is 5.32 Å². The Morgan fingerprint density at radius 1 is 1.13 bits per heavy atom. The molecule has 2 atom stereocenters. The number of amides is 2. The molecular formula is C17H23ClN2O2S. The van der Waals surface area contributed by atoms with Crippen LogP contribution in [0.2, 0.25) is 5.02 Å². The number of carbonyl (C=O) groups excluding carboxylic acids is 2. The Bertz CT molecular complexity index is 536. The lowest BCUT2D eigenvalue weighted by atomic mass is 9.86. The molecule has 0 radical (unpaired) electrons. The topological polar surface area (TPSA) is 58.2 Å². The fourth-order valence-corrected chi connectivity index (χ4v) is 3.50. The van der Waals surface area contributed by atoms with Gasteiger partial charge in [0.25, 0.3) is 0 Å². The van der Waals surface area contributed by atoms with E-state index in [1.807, 2.05) is 0 Å². The van der Waals surface area contributed by atoms with E-state index in [1.165, 1.54) is 31.0 Å². The molecule has 23 heavy (non-hydrogen) atoms. The quantitative estimate of drug-likeness (QED) is 0.818. The Morgan fingerprint density at radius 2 is 1.78 bits per heavy atom. The summed E-state index contributed by atoms with van der Waals surface area (Å²) in [7, 11) is 0. The third-order valence-electron chi connectivity index (χ3n) is 4.05. The first-order chi connectivity index (χ1) is 11.0. The summed E-state index contributed by atoms with van der Waals surface area (Å²) in [5.41, 5.74) is 0.709. The monoisotopic (exact) mass is 354 g/mol. The largest absolute Gasteiger partial charge is 0.352 e. The number of anilines is 1. The maximum atomic E-state index is 12.0. The van der Waals surface area contributed by atoms with Crippen LogP contribution >= 0.6 is 23.4 Å². The maximum absolute atomic E-state index is 12.0. The van der Waals surface area contributed by atoms with Crippen molar-refractivity contribution >= 4 is 40.9 Å². The predicted octanol–water partition coefficient (Wildman–Crippen LogP) is 3.71. The van der Waals surface area contributed by atoms with Crippen molar-refractivity contribution in [2.45, 2.75) is 38.6 Å². The fourth-order valence-electron chi connectivity index (χ4n) is 2.75. The third kappa shape index (κ3) is 6.43. The summed E-state index contributed by atoms with van der Waals surface area (Å²) in [6.07, 6.45) is 4.69. The van der Waals surface area contributed by atoms with Crippen LogP contribution in [0.4, 0.5) is 5.69 Å². The van der Waals surface area contributed by atoms with Gasteiger partial charge in [-0.15, -0.1) is 11.8 Å². The van der Waals surface area contributed by atoms with Gasteiger partial charge in [-0.25, -0.2) is 0 Å². The normalized spacial score (nSPS) is 20.8. The van der Waals surface area contributed by atoms with Crippen LogP contribution in [0, 0.1) is 5.92 Å². The molecule has 1 saturated carbocycles. The van der Waals surface area contributed by atoms with Crippen molar-refractivity contribution in [3.63, 3.8) is 0 Å². The molecule has 2 N–H and O–H groups in total. The highest BCUT2D eigenvalue weighted by Crippen LogP contribution is 2.23. The van der Waals surface area contributed by atoms with Crippen LogP contribution in [0.25, 0.3) is 0 Å². The molecule has 126 valence electrons. The standard InChI is InChI=1S/C17H23ClN2O2S/c1-12-4-2-3-5-15(12)20-17(22)11-23-10-16(21)19-14-8-6-13(18)7-9-14/h6-9,12,15H,2-5,10-11H2,1H3,(H,19,21)(H,20,22)/t12-,15+/m1/s1. The van der Waals surface area contributed by atoms with E-state index in [-0.39, 0.29) is 17.6 Å². The first-order valence-electron chi connectivity index (χ1n) is 7.97. The summed E-state index contributed by atoms with van der Waals surface area (Å²) < 4.78 is 0. The van der Waals surface area contributed by atoms with Crippen molar-refractivity contribution in [2.24, 2.45) is 5.92 Å². The number of thioether (sulfide) groups is 1. The van der Waals surface area contributed by atoms with E-state index in [4.69, 9.17) is 11.6 Å². The van der Waals surface area contributed by atoms with Crippen LogP contribution in [0.1, 0.15) is 32.6 Å². The van der Waals surface area contributed by atoms with Crippen LogP contribution in [-0.4, -0.2) is 29.4 Å². The molecular weight excluding hydrogens is 332 g/mol. The highest BCUT2D eigenvalue weighted by atomic mass is 35.5. The van der Waals surface area contributed by atoms with Crippen LogP contribution in [0.3, 0.4) is 0 Å². The second kappa shape index (κ2) is 9.18. The van der Waals surface area contributed by atoms with Gasteiger partial charge in [-0.05, 0) is 43.0 Å². The van der Waals surface area contributed by atoms with Gasteiger partial charge >= 0.3 is 0 Å². The Balaban J connectivity index is 1.64. The molecule has 1 aliphatic rings. The fraction of sp³-hybridized carbons (Fsp3) is 0.529. The second-order valence-electron chi connectivity index (χ2n) is 5.98. The SMILES string of the molecule is C[C@@H]1CCCC[C@@H]1NC(=O)CSCC(=O)Nc1ccc(Cl)cc1. The minimum absolute atomic E-state index is 0.0213. The number of hydrogen-bond acceptors (Lipinski definition) is 3. The first kappa shape index (κ1) is 18.1. The summed E-state index contributed by atoms with van der Waals surface area (Å²) in [4.78, 5) is 23.8. The van der Waals surface area contributed by atoms with E-state index in [0.717, 1.165) is 6.42 Å². The van der Waals surface area contributed by atoms with Gasteiger partial charge in [-0.1, -0.05) is 31.4 Å². The molecule has 0 aliphatic heterocycles. The summed E-state index contributed by atoms with van der Waals surface area (Å²) in [5.74, 6) is 1.03. The lowest BCUT2D eigenvalue weighted by Gasteiger charge is -2.29. The highest BCUT2D eigenvalue weighted by Gasteiger charge is 2.22. The van der Waals surface area contributed by atoms with Crippen molar-refractivity contribution in [3.05, 3.63) is 29.3 Å². The Morgan fingerprint density at radius 3 is 2.48 bits per heavy atom. The average Bonchev–Trinajstić information content (AvgIpc) is 2.52. The van der Waals surface area contributed by atoms with Gasteiger partial charge in [0.1, 0.15) is 0 Å². The molecule has 4 nitrogen and oxygen atoms in total. The third-order valence-corrected chi connectivity index (χ3v) is 5.24. The Labute approximate surface area is 146 Å². The molecule has 1 aromatic rings. The molecule has 1 aromatic carbocycles. The van der Waals surface area contributed by atoms with Crippen LogP contribution in [0.15, 0.2) is 24.3 Å². The molecule has 0 aromatic heterocycles. The van der Waals surface area contributed by atoms with E-state index in [2.05, 4.69) is 17.6 Å². The number of benzene rings is 1. The van der Waals surface area contributed by atoms with E-state index in [9.17, 15) is 9.59 Å². The maximum Gasteiger partial charge on any atom is 0.234 e. The Hall–Kier alpha value is -1.20. The van der Waals surface area contributed by atoms with Crippen molar-refractivity contribution in [2.75, 3.05) is 16.8 Å². The Kier molecular flexibility index (Phi) is 7.24. The second-order valence-corrected chi connectivity index (χ2v) is 7.41. The molecule has 1 aliphatic carbocycles. The number of halogens is 1. The predicted molar refractivity (Wildman–Crippen MR) is 97.0 cm³/mol. The van der Waals surface area contributed by atoms with Gasteiger partial charge in [-0.3, -0.25) is 9.59 Å². The van der Waals surface area contributed by atoms with E-state index in [1.54, 1.807) is 24.3 Å². The van der Waals surface area contributed by atoms with Gasteiger partial charge < -0.3 is 10.6 Å². The molecule has 0 spiro atoms. The van der Waals surface area contributed by atoms with Crippen molar-refractivity contribution < 1.29 is 9.59 Å². The van der Waals surface area contributed by atoms with Crippen LogP contribution in [0.5, 0.6) is 0 Å². The molecule has 0 saturated heterocycles. The van der Waals surface area contributed by atoms with Gasteiger partial charge in [0, 0.05) is 16.8 Å². The zero-order valence-corrected chi connectivity index (χ0v) is 14.9. The molecule has 2 amide bonds. The smallest absolute Gasteiger partial charge is 0.234 e. The lowest BCUT2D eigenvalue weighted by Crippen LogP contribution is -2.42. The summed E-state index contributed by atoms with van der Waals surface area (Å²) in [6.45, 7) is 2.19. The van der Waals surface area contributed by atoms with Gasteiger partial charge in [-0.2, -0.15) is 0 Å². The molecule has 0 bridgehead atoms. The zero-order valence-electron chi connectivity index (χ0n) is 13.3. The van der Waals surface area contributed by atoms with Gasteiger partial charge in [0.05, 0.1) is 11.5 Å². The highest BCUT2D eigenvalue weighted by molar-refractivity contribution is 8.00. The first-order valence-corrected chi connectivity index (χ1v) is 9.50. The molecule has 0 unspecified atom stereocenters. The van der Waals surface area contributed by atoms with Crippen molar-refractivity contribution in [3.8, 4) is 0 Å². The number of carbonyl (C=O) groups is 2. The summed E-state index contributed by atoms with van der Waals surface area (Å²) in [5, 5.41) is 6.50. The number of nitrogens with one attached hydrogen (secondary N) is 2. The molecule has 2 rings (SSSR count). The number of hydrogen-bond donors (Lipinski definition) is 2. The molecule has 1 fully saturated rings. The van der Waals surface area contributed by atoms with Gasteiger partial charge in [0.15, 0.2) is 0 Å². The molecule has 0 heterocycles. The minimum Gasteiger partial charge on any atom is -0.352 e. The average molecular weight is 355 g/mol. The van der Waals surface area contributed by atoms with Crippen LogP contribution in [-0.2, 0) is 9.59 Å². The van der Waals surface area contributed by atoms with Crippen LogP contribution < -0.4 is 10.6 Å². The molecule has 6 heteroatoms. The van der Waals surface area contributed by atoms with E-state index < -0.39 is 0 Å². The summed E-state index contributed by atoms with van der Waals surface area (Å²) in [6, 6.07) is 7.25. The van der Waals surface area contributed by atoms with Gasteiger partial charge in [0.2, 0.25) is 11.8 Å². The van der Waals surface area contributed by atoms with Crippen molar-refractivity contribution in [1.29, 1.82) is 0 Å². The lowest BCUT2D eigenvalue weighted by molar-refractivity contribution is -0.119. The number of rotatable bonds is 6. The zero-order chi connectivity index (χ0) is 16.7. The van der Waals surface area contributed by atoms with E-state index in [0.29, 0.717) is 28.4 Å².